The van der Waals surface area contributed by atoms with Crippen molar-refractivity contribution < 1.29 is 10.2 Å². The van der Waals surface area contributed by atoms with Gasteiger partial charge in [-0.1, -0.05) is 11.6 Å². The summed E-state index contributed by atoms with van der Waals surface area (Å²) in [6, 6.07) is 4.78. The van der Waals surface area contributed by atoms with E-state index in [-0.39, 0.29) is 17.8 Å². The Morgan fingerprint density at radius 1 is 1.21 bits per heavy atom. The topological polar surface area (TPSA) is 108 Å². The van der Waals surface area contributed by atoms with Crippen molar-refractivity contribution in [3.63, 3.8) is 0 Å². The van der Waals surface area contributed by atoms with Crippen molar-refractivity contribution in [1.82, 2.24) is 19.5 Å². The first-order chi connectivity index (χ1) is 13.6. The van der Waals surface area contributed by atoms with E-state index in [1.807, 2.05) is 25.3 Å². The predicted octanol–water partition coefficient (Wildman–Crippen LogP) is 3.95. The number of hydrogen-bond acceptors (Lipinski definition) is 7. The highest BCUT2D eigenvalue weighted by atomic mass is 35.5. The van der Waals surface area contributed by atoms with Crippen LogP contribution in [0.4, 0.5) is 11.8 Å². The molecule has 0 amide bonds. The van der Waals surface area contributed by atoms with Gasteiger partial charge < -0.3 is 25.4 Å². The third-order valence-corrected chi connectivity index (χ3v) is 5.11. The van der Waals surface area contributed by atoms with E-state index in [1.165, 1.54) is 0 Å². The molecule has 0 bridgehead atoms. The predicted molar refractivity (Wildman–Crippen MR) is 116 cm³/mol. The molecule has 156 valence electrons. The SMILES string of the molecule is CC(C)n1cnc2c(NCc3cc(Cl)ccc3O)nc(NC(C)C(C)(C)O)nc21. The van der Waals surface area contributed by atoms with Crippen molar-refractivity contribution >= 4 is 34.5 Å². The number of benzene rings is 1. The van der Waals surface area contributed by atoms with Crippen LogP contribution in [-0.2, 0) is 6.54 Å². The maximum Gasteiger partial charge on any atom is 0.227 e. The number of aliphatic hydroxyl groups is 1. The Morgan fingerprint density at radius 2 is 1.93 bits per heavy atom. The number of fused-ring (bicyclic) bond motifs is 1. The average Bonchev–Trinajstić information content (AvgIpc) is 3.05. The molecule has 4 N–H and O–H groups in total. The highest BCUT2D eigenvalue weighted by Gasteiger charge is 2.24. The molecule has 29 heavy (non-hydrogen) atoms. The molecule has 2 heterocycles. The first kappa shape index (κ1) is 21.1. The monoisotopic (exact) mass is 418 g/mol. The molecule has 8 nitrogen and oxygen atoms in total. The van der Waals surface area contributed by atoms with E-state index in [9.17, 15) is 10.2 Å². The van der Waals surface area contributed by atoms with Crippen molar-refractivity contribution in [3.05, 3.63) is 35.1 Å². The maximum absolute atomic E-state index is 10.2. The molecular formula is C20H27ClN6O2. The van der Waals surface area contributed by atoms with E-state index in [2.05, 4.69) is 25.6 Å². The van der Waals surface area contributed by atoms with E-state index < -0.39 is 5.60 Å². The van der Waals surface area contributed by atoms with Crippen LogP contribution in [0.2, 0.25) is 5.02 Å². The average molecular weight is 419 g/mol. The van der Waals surface area contributed by atoms with Crippen molar-refractivity contribution in [2.75, 3.05) is 10.6 Å². The number of aromatic nitrogens is 4. The molecule has 0 aliphatic rings. The first-order valence-electron chi connectivity index (χ1n) is 9.51. The molecule has 0 aliphatic carbocycles. The molecule has 2 aromatic heterocycles. The summed E-state index contributed by atoms with van der Waals surface area (Å²) in [6.45, 7) is 9.73. The van der Waals surface area contributed by atoms with Gasteiger partial charge in [0.2, 0.25) is 5.95 Å². The number of rotatable bonds is 7. The molecule has 1 aromatic carbocycles. The van der Waals surface area contributed by atoms with Crippen LogP contribution in [0.3, 0.4) is 0 Å². The number of phenolic OH excluding ortho intramolecular Hbond substituents is 1. The van der Waals surface area contributed by atoms with Crippen molar-refractivity contribution in [2.45, 2.75) is 58.8 Å². The Kier molecular flexibility index (Phi) is 5.86. The smallest absolute Gasteiger partial charge is 0.227 e. The third kappa shape index (κ3) is 4.71. The van der Waals surface area contributed by atoms with Gasteiger partial charge in [0.1, 0.15) is 5.75 Å². The van der Waals surface area contributed by atoms with Gasteiger partial charge in [0, 0.05) is 23.2 Å². The first-order valence-corrected chi connectivity index (χ1v) is 9.88. The molecule has 0 spiro atoms. The summed E-state index contributed by atoms with van der Waals surface area (Å²) in [7, 11) is 0. The van der Waals surface area contributed by atoms with E-state index in [4.69, 9.17) is 11.6 Å². The number of phenols is 1. The van der Waals surface area contributed by atoms with Gasteiger partial charge in [0.05, 0.1) is 18.0 Å². The molecule has 3 rings (SSSR count). The number of halogens is 1. The van der Waals surface area contributed by atoms with Gasteiger partial charge in [-0.15, -0.1) is 0 Å². The lowest BCUT2D eigenvalue weighted by atomic mass is 10.0. The third-order valence-electron chi connectivity index (χ3n) is 4.87. The minimum atomic E-state index is -0.948. The van der Waals surface area contributed by atoms with Crippen LogP contribution in [0, 0.1) is 0 Å². The summed E-state index contributed by atoms with van der Waals surface area (Å²) < 4.78 is 1.96. The second-order valence-corrected chi connectivity index (χ2v) is 8.40. The van der Waals surface area contributed by atoms with Crippen LogP contribution >= 0.6 is 11.6 Å². The number of nitrogens with zero attached hydrogens (tertiary/aromatic N) is 4. The number of aromatic hydroxyl groups is 1. The van der Waals surface area contributed by atoms with Crippen LogP contribution in [0.5, 0.6) is 5.75 Å². The lowest BCUT2D eigenvalue weighted by Crippen LogP contribution is -2.39. The van der Waals surface area contributed by atoms with Gasteiger partial charge >= 0.3 is 0 Å². The fourth-order valence-corrected chi connectivity index (χ4v) is 2.92. The molecule has 1 atom stereocenters. The van der Waals surface area contributed by atoms with Crippen LogP contribution < -0.4 is 10.6 Å². The number of anilines is 2. The minimum absolute atomic E-state index is 0.147. The molecule has 1 unspecified atom stereocenters. The van der Waals surface area contributed by atoms with Crippen LogP contribution in [0.1, 0.15) is 46.2 Å². The van der Waals surface area contributed by atoms with Gasteiger partial charge in [-0.25, -0.2) is 4.98 Å². The zero-order valence-electron chi connectivity index (χ0n) is 17.2. The second kappa shape index (κ2) is 8.04. The lowest BCUT2D eigenvalue weighted by molar-refractivity contribution is 0.0646. The Morgan fingerprint density at radius 3 is 2.59 bits per heavy atom. The van der Waals surface area contributed by atoms with Crippen molar-refractivity contribution in [2.24, 2.45) is 0 Å². The van der Waals surface area contributed by atoms with E-state index in [0.29, 0.717) is 40.1 Å². The van der Waals surface area contributed by atoms with Gasteiger partial charge in [-0.2, -0.15) is 9.97 Å². The fraction of sp³-hybridized carbons (Fsp3) is 0.450. The highest BCUT2D eigenvalue weighted by Crippen LogP contribution is 2.27. The molecule has 0 radical (unpaired) electrons. The minimum Gasteiger partial charge on any atom is -0.508 e. The standard InChI is InChI=1S/C20H27ClN6O2/c1-11(2)27-10-23-16-17(22-9-13-8-14(21)6-7-15(13)28)25-19(26-18(16)27)24-12(3)20(4,5)29/h6-8,10-12,28-29H,9H2,1-5H3,(H2,22,24,25,26). The van der Waals surface area contributed by atoms with E-state index in [0.717, 1.165) is 0 Å². The fourth-order valence-electron chi connectivity index (χ4n) is 2.73. The molecular weight excluding hydrogens is 392 g/mol. The van der Waals surface area contributed by atoms with Gasteiger partial charge in [0.25, 0.3) is 0 Å². The molecule has 0 saturated carbocycles. The molecule has 0 aliphatic heterocycles. The Labute approximate surface area is 175 Å². The number of imidazole rings is 1. The molecule has 0 fully saturated rings. The van der Waals surface area contributed by atoms with Crippen LogP contribution in [-0.4, -0.2) is 41.4 Å². The maximum atomic E-state index is 10.2. The van der Waals surface area contributed by atoms with E-state index >= 15 is 0 Å². The van der Waals surface area contributed by atoms with E-state index in [1.54, 1.807) is 38.4 Å². The summed E-state index contributed by atoms with van der Waals surface area (Å²) in [5.74, 6) is 1.06. The lowest BCUT2D eigenvalue weighted by Gasteiger charge is -2.26. The number of hydrogen-bond donors (Lipinski definition) is 4. The van der Waals surface area contributed by atoms with Crippen LogP contribution in [0.15, 0.2) is 24.5 Å². The Hall–Kier alpha value is -2.58. The second-order valence-electron chi connectivity index (χ2n) is 7.96. The normalized spacial score (nSPS) is 13.1. The van der Waals surface area contributed by atoms with Gasteiger partial charge in [0.15, 0.2) is 17.0 Å². The number of nitrogens with one attached hydrogen (secondary N) is 2. The quantitative estimate of drug-likeness (QED) is 0.460. The highest BCUT2D eigenvalue weighted by molar-refractivity contribution is 6.30. The molecule has 9 heteroatoms. The molecule has 3 aromatic rings. The summed E-state index contributed by atoms with van der Waals surface area (Å²) in [5.41, 5.74) is 1.00. The molecule has 0 saturated heterocycles. The van der Waals surface area contributed by atoms with Crippen molar-refractivity contribution in [3.8, 4) is 5.75 Å². The summed E-state index contributed by atoms with van der Waals surface area (Å²) in [4.78, 5) is 13.6. The van der Waals surface area contributed by atoms with Gasteiger partial charge in [-0.3, -0.25) is 0 Å². The van der Waals surface area contributed by atoms with Crippen molar-refractivity contribution in [1.29, 1.82) is 0 Å². The Bertz CT molecular complexity index is 1010. The zero-order chi connectivity index (χ0) is 21.3. The summed E-state index contributed by atoms with van der Waals surface area (Å²) in [5, 5.41) is 27.3. The summed E-state index contributed by atoms with van der Waals surface area (Å²) >= 11 is 6.04. The zero-order valence-corrected chi connectivity index (χ0v) is 18.0. The largest absolute Gasteiger partial charge is 0.508 e. The van der Waals surface area contributed by atoms with Crippen LogP contribution in [0.25, 0.3) is 11.2 Å². The Balaban J connectivity index is 1.99. The van der Waals surface area contributed by atoms with Gasteiger partial charge in [-0.05, 0) is 52.8 Å². The summed E-state index contributed by atoms with van der Waals surface area (Å²) in [6.07, 6.45) is 1.73.